The van der Waals surface area contributed by atoms with Crippen LogP contribution in [0.3, 0.4) is 0 Å². The zero-order chi connectivity index (χ0) is 19.4. The molecule has 0 saturated carbocycles. The van der Waals surface area contributed by atoms with Gasteiger partial charge >= 0.3 is 0 Å². The highest BCUT2D eigenvalue weighted by Crippen LogP contribution is 2.31. The number of carbonyl (C=O) groups is 1. The molecule has 3 aromatic rings. The third kappa shape index (κ3) is 5.01. The molecule has 6 nitrogen and oxygen atoms in total. The van der Waals surface area contributed by atoms with Crippen molar-refractivity contribution >= 4 is 62.6 Å². The molecule has 3 rings (SSSR count). The molecular weight excluding hydrogens is 473 g/mol. The first-order valence-corrected chi connectivity index (χ1v) is 10.4. The number of benzene rings is 1. The van der Waals surface area contributed by atoms with E-state index in [0.717, 1.165) is 10.0 Å². The van der Waals surface area contributed by atoms with Gasteiger partial charge in [-0.3, -0.25) is 4.79 Å². The Morgan fingerprint density at radius 1 is 1.26 bits per heavy atom. The fourth-order valence-corrected chi connectivity index (χ4v) is 3.84. The van der Waals surface area contributed by atoms with Gasteiger partial charge in [0.15, 0.2) is 11.0 Å². The van der Waals surface area contributed by atoms with Crippen LogP contribution in [0.1, 0.15) is 6.92 Å². The summed E-state index contributed by atoms with van der Waals surface area (Å²) in [6, 6.07) is 8.76. The number of rotatable bonds is 6. The van der Waals surface area contributed by atoms with E-state index in [4.69, 9.17) is 23.2 Å². The first-order chi connectivity index (χ1) is 13.0. The van der Waals surface area contributed by atoms with Crippen LogP contribution in [0.4, 0.5) is 5.82 Å². The maximum absolute atomic E-state index is 12.2. The van der Waals surface area contributed by atoms with Gasteiger partial charge in [0.2, 0.25) is 5.91 Å². The molecule has 0 spiro atoms. The fourth-order valence-electron chi connectivity index (χ4n) is 2.31. The van der Waals surface area contributed by atoms with Crippen LogP contribution in [0.2, 0.25) is 10.0 Å². The maximum atomic E-state index is 12.2. The van der Waals surface area contributed by atoms with E-state index >= 15 is 0 Å². The number of carbonyl (C=O) groups excluding carboxylic acids is 1. The van der Waals surface area contributed by atoms with Crippen molar-refractivity contribution in [2.45, 2.75) is 18.6 Å². The van der Waals surface area contributed by atoms with E-state index in [1.54, 1.807) is 30.5 Å². The minimum Gasteiger partial charge on any atom is -0.310 e. The number of pyridine rings is 1. The number of hydrogen-bond acceptors (Lipinski definition) is 5. The molecule has 0 saturated heterocycles. The summed E-state index contributed by atoms with van der Waals surface area (Å²) in [5, 5.41) is 12.9. The van der Waals surface area contributed by atoms with Crippen molar-refractivity contribution in [3.8, 4) is 11.4 Å². The first-order valence-electron chi connectivity index (χ1n) is 7.90. The minimum atomic E-state index is -0.174. The van der Waals surface area contributed by atoms with Crippen molar-refractivity contribution in [1.82, 2.24) is 19.7 Å². The molecule has 0 aliphatic heterocycles. The third-order valence-corrected chi connectivity index (χ3v) is 5.52. The highest BCUT2D eigenvalue weighted by atomic mass is 79.9. The molecule has 2 aromatic heterocycles. The van der Waals surface area contributed by atoms with Gasteiger partial charge in [0.25, 0.3) is 0 Å². The summed E-state index contributed by atoms with van der Waals surface area (Å²) in [6.07, 6.45) is 1.62. The normalized spacial score (nSPS) is 10.8. The van der Waals surface area contributed by atoms with E-state index in [0.29, 0.717) is 33.4 Å². The van der Waals surface area contributed by atoms with Crippen molar-refractivity contribution in [1.29, 1.82) is 0 Å². The van der Waals surface area contributed by atoms with Crippen LogP contribution in [0.25, 0.3) is 11.4 Å². The molecular formula is C17H14BrCl2N5OS. The van der Waals surface area contributed by atoms with E-state index < -0.39 is 0 Å². The average molecular weight is 487 g/mol. The SMILES string of the molecule is CCn1c(SCC(=O)Nc2ccc(Br)cn2)nnc1-c1ccc(Cl)cc1Cl. The largest absolute Gasteiger partial charge is 0.310 e. The fraction of sp³-hybridized carbons (Fsp3) is 0.176. The number of halogens is 3. The molecule has 140 valence electrons. The molecule has 10 heteroatoms. The van der Waals surface area contributed by atoms with Crippen LogP contribution < -0.4 is 5.32 Å². The predicted octanol–water partition coefficient (Wildman–Crippen LogP) is 5.16. The number of amides is 1. The average Bonchev–Trinajstić information content (AvgIpc) is 3.04. The van der Waals surface area contributed by atoms with E-state index in [-0.39, 0.29) is 11.7 Å². The van der Waals surface area contributed by atoms with Gasteiger partial charge < -0.3 is 9.88 Å². The second kappa shape index (κ2) is 9.05. The summed E-state index contributed by atoms with van der Waals surface area (Å²) in [5.41, 5.74) is 0.741. The quantitative estimate of drug-likeness (QED) is 0.487. The Morgan fingerprint density at radius 3 is 2.74 bits per heavy atom. The number of nitrogens with one attached hydrogen (secondary N) is 1. The monoisotopic (exact) mass is 485 g/mol. The van der Waals surface area contributed by atoms with Gasteiger partial charge in [0.05, 0.1) is 10.8 Å². The molecule has 1 aromatic carbocycles. The van der Waals surface area contributed by atoms with Crippen molar-refractivity contribution in [2.24, 2.45) is 0 Å². The Bertz CT molecular complexity index is 964. The van der Waals surface area contributed by atoms with Gasteiger partial charge in [-0.05, 0) is 53.2 Å². The summed E-state index contributed by atoms with van der Waals surface area (Å²) in [5.74, 6) is 1.14. The van der Waals surface area contributed by atoms with Crippen LogP contribution in [0.15, 0.2) is 46.2 Å². The number of thioether (sulfide) groups is 1. The highest BCUT2D eigenvalue weighted by molar-refractivity contribution is 9.10. The number of aromatic nitrogens is 4. The second-order valence-corrected chi connectivity index (χ2v) is 8.07. The Kier molecular flexibility index (Phi) is 6.75. The van der Waals surface area contributed by atoms with Crippen LogP contribution in [0.5, 0.6) is 0 Å². The first kappa shape index (κ1) is 20.1. The predicted molar refractivity (Wildman–Crippen MR) is 112 cm³/mol. The third-order valence-electron chi connectivity index (χ3n) is 3.53. The van der Waals surface area contributed by atoms with Gasteiger partial charge in [0, 0.05) is 27.8 Å². The number of anilines is 1. The molecule has 0 atom stereocenters. The standard InChI is InChI=1S/C17H14BrCl2N5OS/c1-2-25-16(12-5-4-11(19)7-13(12)20)23-24-17(25)27-9-15(26)22-14-6-3-10(18)8-21-14/h3-8H,2,9H2,1H3,(H,21,22,26). The smallest absolute Gasteiger partial charge is 0.236 e. The lowest BCUT2D eigenvalue weighted by atomic mass is 10.2. The summed E-state index contributed by atoms with van der Waals surface area (Å²) in [4.78, 5) is 16.3. The molecule has 0 fully saturated rings. The lowest BCUT2D eigenvalue weighted by molar-refractivity contribution is -0.113. The Labute approximate surface area is 178 Å². The van der Waals surface area contributed by atoms with Crippen LogP contribution in [-0.4, -0.2) is 31.4 Å². The molecule has 1 N–H and O–H groups in total. The van der Waals surface area contributed by atoms with Crippen molar-refractivity contribution in [3.05, 3.63) is 51.0 Å². The molecule has 1 amide bonds. The van der Waals surface area contributed by atoms with Crippen molar-refractivity contribution in [3.63, 3.8) is 0 Å². The van der Waals surface area contributed by atoms with Crippen molar-refractivity contribution < 1.29 is 4.79 Å². The van der Waals surface area contributed by atoms with E-state index in [9.17, 15) is 4.79 Å². The lowest BCUT2D eigenvalue weighted by Crippen LogP contribution is -2.15. The van der Waals surface area contributed by atoms with Crippen LogP contribution in [-0.2, 0) is 11.3 Å². The van der Waals surface area contributed by atoms with E-state index in [1.165, 1.54) is 11.8 Å². The Morgan fingerprint density at radius 2 is 2.07 bits per heavy atom. The molecule has 0 bridgehead atoms. The molecule has 2 heterocycles. The summed E-state index contributed by atoms with van der Waals surface area (Å²) < 4.78 is 2.75. The van der Waals surface area contributed by atoms with Crippen LogP contribution in [0, 0.1) is 0 Å². The molecule has 27 heavy (non-hydrogen) atoms. The Hall–Kier alpha value is -1.61. The Balaban J connectivity index is 1.71. The van der Waals surface area contributed by atoms with Crippen LogP contribution >= 0.6 is 50.9 Å². The zero-order valence-electron chi connectivity index (χ0n) is 14.1. The summed E-state index contributed by atoms with van der Waals surface area (Å²) in [7, 11) is 0. The highest BCUT2D eigenvalue weighted by Gasteiger charge is 2.17. The minimum absolute atomic E-state index is 0.174. The van der Waals surface area contributed by atoms with Gasteiger partial charge in [-0.15, -0.1) is 10.2 Å². The molecule has 0 radical (unpaired) electrons. The van der Waals surface area contributed by atoms with Crippen molar-refractivity contribution in [2.75, 3.05) is 11.1 Å². The number of hydrogen-bond donors (Lipinski definition) is 1. The van der Waals surface area contributed by atoms with Gasteiger partial charge in [-0.1, -0.05) is 35.0 Å². The molecule has 0 aliphatic carbocycles. The van der Waals surface area contributed by atoms with E-state index in [1.807, 2.05) is 17.6 Å². The molecule has 0 aliphatic rings. The second-order valence-electron chi connectivity index (χ2n) is 5.37. The van der Waals surface area contributed by atoms with Gasteiger partial charge in [-0.25, -0.2) is 4.98 Å². The number of nitrogens with zero attached hydrogens (tertiary/aromatic N) is 4. The van der Waals surface area contributed by atoms with Gasteiger partial charge in [0.1, 0.15) is 5.82 Å². The summed E-state index contributed by atoms with van der Waals surface area (Å²) in [6.45, 7) is 2.62. The maximum Gasteiger partial charge on any atom is 0.236 e. The summed E-state index contributed by atoms with van der Waals surface area (Å²) >= 11 is 16.8. The topological polar surface area (TPSA) is 72.7 Å². The van der Waals surface area contributed by atoms with E-state index in [2.05, 4.69) is 36.4 Å². The molecule has 0 unspecified atom stereocenters. The lowest BCUT2D eigenvalue weighted by Gasteiger charge is -2.09. The zero-order valence-corrected chi connectivity index (χ0v) is 18.0. The van der Waals surface area contributed by atoms with Gasteiger partial charge in [-0.2, -0.15) is 0 Å².